The zero-order valence-electron chi connectivity index (χ0n) is 10.6. The largest absolute Gasteiger partial charge is 0.376 e. The fourth-order valence-electron chi connectivity index (χ4n) is 1.96. The molecular formula is C12H24N2O2. The predicted octanol–water partition coefficient (Wildman–Crippen LogP) is 1.05. The van der Waals surface area contributed by atoms with Gasteiger partial charge in [-0.3, -0.25) is 4.79 Å². The molecule has 0 aliphatic heterocycles. The molecule has 94 valence electrons. The number of ether oxygens (including phenoxy) is 1. The molecule has 16 heavy (non-hydrogen) atoms. The van der Waals surface area contributed by atoms with Crippen molar-refractivity contribution in [2.45, 2.75) is 51.7 Å². The average molecular weight is 228 g/mol. The lowest BCUT2D eigenvalue weighted by molar-refractivity contribution is -0.129. The van der Waals surface area contributed by atoms with Crippen LogP contribution in [-0.4, -0.2) is 30.7 Å². The van der Waals surface area contributed by atoms with E-state index in [9.17, 15) is 4.79 Å². The van der Waals surface area contributed by atoms with Crippen molar-refractivity contribution in [3.63, 3.8) is 0 Å². The Balaban J connectivity index is 2.64. The molecule has 2 atom stereocenters. The normalized spacial score (nSPS) is 21.4. The second-order valence-electron chi connectivity index (χ2n) is 4.67. The number of hydrogen-bond acceptors (Lipinski definition) is 3. The van der Waals surface area contributed by atoms with Gasteiger partial charge in [0, 0.05) is 0 Å². The molecule has 2 unspecified atom stereocenters. The summed E-state index contributed by atoms with van der Waals surface area (Å²) in [5.41, 5.74) is 4.90. The third kappa shape index (κ3) is 2.95. The van der Waals surface area contributed by atoms with E-state index in [0.717, 1.165) is 25.8 Å². The molecule has 4 heteroatoms. The van der Waals surface area contributed by atoms with Crippen LogP contribution in [0.1, 0.15) is 40.0 Å². The van der Waals surface area contributed by atoms with Gasteiger partial charge in [-0.2, -0.15) is 0 Å². The lowest BCUT2D eigenvalue weighted by Gasteiger charge is -2.32. The molecule has 1 aliphatic rings. The molecule has 1 fully saturated rings. The van der Waals surface area contributed by atoms with Gasteiger partial charge in [-0.1, -0.05) is 13.8 Å². The van der Waals surface area contributed by atoms with Crippen LogP contribution in [0.2, 0.25) is 0 Å². The Labute approximate surface area is 97.9 Å². The van der Waals surface area contributed by atoms with Gasteiger partial charge in [-0.15, -0.1) is 0 Å². The van der Waals surface area contributed by atoms with E-state index in [1.807, 2.05) is 13.8 Å². The highest BCUT2D eigenvalue weighted by Gasteiger charge is 2.49. The van der Waals surface area contributed by atoms with E-state index in [1.54, 1.807) is 0 Å². The minimum Gasteiger partial charge on any atom is -0.376 e. The topological polar surface area (TPSA) is 64.3 Å². The minimum absolute atomic E-state index is 0.177. The van der Waals surface area contributed by atoms with E-state index >= 15 is 0 Å². The summed E-state index contributed by atoms with van der Waals surface area (Å²) in [6, 6.07) is 0. The summed E-state index contributed by atoms with van der Waals surface area (Å²) in [7, 11) is 0. The summed E-state index contributed by atoms with van der Waals surface area (Å²) in [5, 5.41) is 3.24. The van der Waals surface area contributed by atoms with E-state index in [4.69, 9.17) is 10.5 Å². The number of rotatable bonds is 8. The standard InChI is InChI=1S/C12H24N2O2/c1-4-9(3)16-8-12(11(13)15,14-5-2)10-6-7-10/h9-10,14H,4-8H2,1-3H3,(H2,13,15). The first kappa shape index (κ1) is 13.5. The molecule has 0 aromatic carbocycles. The van der Waals surface area contributed by atoms with Crippen LogP contribution < -0.4 is 11.1 Å². The van der Waals surface area contributed by atoms with Crippen molar-refractivity contribution in [3.05, 3.63) is 0 Å². The van der Waals surface area contributed by atoms with Gasteiger partial charge in [0.15, 0.2) is 0 Å². The Morgan fingerprint density at radius 2 is 2.19 bits per heavy atom. The fraction of sp³-hybridized carbons (Fsp3) is 0.917. The van der Waals surface area contributed by atoms with Crippen molar-refractivity contribution < 1.29 is 9.53 Å². The number of nitrogens with one attached hydrogen (secondary N) is 1. The second-order valence-corrected chi connectivity index (χ2v) is 4.67. The SMILES string of the molecule is CCNC(COC(C)CC)(C(N)=O)C1CC1. The summed E-state index contributed by atoms with van der Waals surface area (Å²) >= 11 is 0. The van der Waals surface area contributed by atoms with E-state index in [-0.39, 0.29) is 12.0 Å². The number of hydrogen-bond donors (Lipinski definition) is 2. The monoisotopic (exact) mass is 228 g/mol. The van der Waals surface area contributed by atoms with Crippen molar-refractivity contribution in [1.82, 2.24) is 5.32 Å². The molecule has 1 saturated carbocycles. The lowest BCUT2D eigenvalue weighted by Crippen LogP contribution is -2.60. The van der Waals surface area contributed by atoms with Gasteiger partial charge in [-0.05, 0) is 38.6 Å². The first-order valence-corrected chi connectivity index (χ1v) is 6.23. The van der Waals surface area contributed by atoms with Gasteiger partial charge in [-0.25, -0.2) is 0 Å². The van der Waals surface area contributed by atoms with Crippen molar-refractivity contribution in [3.8, 4) is 0 Å². The Morgan fingerprint density at radius 3 is 2.56 bits per heavy atom. The third-order valence-electron chi connectivity index (χ3n) is 3.38. The molecule has 0 aromatic rings. The summed E-state index contributed by atoms with van der Waals surface area (Å²) < 4.78 is 5.71. The average Bonchev–Trinajstić information content (AvgIpc) is 3.07. The van der Waals surface area contributed by atoms with Crippen molar-refractivity contribution in [2.75, 3.05) is 13.2 Å². The summed E-state index contributed by atoms with van der Waals surface area (Å²) in [6.45, 7) is 7.22. The first-order valence-electron chi connectivity index (χ1n) is 6.23. The predicted molar refractivity (Wildman–Crippen MR) is 64.0 cm³/mol. The second kappa shape index (κ2) is 5.64. The number of nitrogens with two attached hydrogens (primary N) is 1. The van der Waals surface area contributed by atoms with Crippen LogP contribution in [-0.2, 0) is 9.53 Å². The smallest absolute Gasteiger partial charge is 0.240 e. The van der Waals surface area contributed by atoms with Crippen LogP contribution in [0.25, 0.3) is 0 Å². The van der Waals surface area contributed by atoms with E-state index < -0.39 is 5.54 Å². The Morgan fingerprint density at radius 1 is 1.56 bits per heavy atom. The number of primary amides is 1. The van der Waals surface area contributed by atoms with Gasteiger partial charge >= 0.3 is 0 Å². The van der Waals surface area contributed by atoms with Gasteiger partial charge in [0.1, 0.15) is 5.54 Å². The van der Waals surface area contributed by atoms with Crippen LogP contribution in [0.5, 0.6) is 0 Å². The van der Waals surface area contributed by atoms with Crippen LogP contribution >= 0.6 is 0 Å². The van der Waals surface area contributed by atoms with Crippen molar-refractivity contribution in [1.29, 1.82) is 0 Å². The quantitative estimate of drug-likeness (QED) is 0.652. The molecule has 0 bridgehead atoms. The van der Waals surface area contributed by atoms with Crippen LogP contribution in [0.3, 0.4) is 0 Å². The molecule has 0 aromatic heterocycles. The van der Waals surface area contributed by atoms with Gasteiger partial charge < -0.3 is 15.8 Å². The van der Waals surface area contributed by atoms with E-state index in [1.165, 1.54) is 0 Å². The first-order chi connectivity index (χ1) is 7.56. The highest BCUT2D eigenvalue weighted by Crippen LogP contribution is 2.40. The summed E-state index contributed by atoms with van der Waals surface area (Å²) in [4.78, 5) is 11.7. The third-order valence-corrected chi connectivity index (χ3v) is 3.38. The maximum Gasteiger partial charge on any atom is 0.240 e. The number of amides is 1. The molecule has 0 heterocycles. The molecule has 4 nitrogen and oxygen atoms in total. The molecular weight excluding hydrogens is 204 g/mol. The zero-order chi connectivity index (χ0) is 12.2. The maximum absolute atomic E-state index is 11.7. The Bertz CT molecular complexity index is 241. The lowest BCUT2D eigenvalue weighted by atomic mass is 9.93. The highest BCUT2D eigenvalue weighted by atomic mass is 16.5. The van der Waals surface area contributed by atoms with Gasteiger partial charge in [0.05, 0.1) is 12.7 Å². The van der Waals surface area contributed by atoms with E-state index in [2.05, 4.69) is 12.2 Å². The van der Waals surface area contributed by atoms with Gasteiger partial charge in [0.25, 0.3) is 0 Å². The molecule has 0 spiro atoms. The molecule has 1 amide bonds. The minimum atomic E-state index is -0.641. The van der Waals surface area contributed by atoms with Crippen molar-refractivity contribution >= 4 is 5.91 Å². The zero-order valence-corrected chi connectivity index (χ0v) is 10.6. The molecule has 1 aliphatic carbocycles. The van der Waals surface area contributed by atoms with E-state index in [0.29, 0.717) is 12.5 Å². The number of carbonyl (C=O) groups is 1. The van der Waals surface area contributed by atoms with Crippen molar-refractivity contribution in [2.24, 2.45) is 11.7 Å². The van der Waals surface area contributed by atoms with Crippen LogP contribution in [0.15, 0.2) is 0 Å². The molecule has 0 radical (unpaired) electrons. The Kier molecular flexibility index (Phi) is 4.74. The van der Waals surface area contributed by atoms with Crippen LogP contribution in [0.4, 0.5) is 0 Å². The summed E-state index contributed by atoms with van der Waals surface area (Å²) in [6.07, 6.45) is 3.27. The summed E-state index contributed by atoms with van der Waals surface area (Å²) in [5.74, 6) is 0.0779. The molecule has 0 saturated heterocycles. The molecule has 1 rings (SSSR count). The Hall–Kier alpha value is -0.610. The fourth-order valence-corrected chi connectivity index (χ4v) is 1.96. The number of likely N-dealkylation sites (N-methyl/N-ethyl adjacent to an activating group) is 1. The van der Waals surface area contributed by atoms with Crippen LogP contribution in [0, 0.1) is 5.92 Å². The van der Waals surface area contributed by atoms with Gasteiger partial charge in [0.2, 0.25) is 5.91 Å². The molecule has 3 N–H and O–H groups in total. The number of carbonyl (C=O) groups excluding carboxylic acids is 1. The highest BCUT2D eigenvalue weighted by molar-refractivity contribution is 5.85. The maximum atomic E-state index is 11.7.